The van der Waals surface area contributed by atoms with Crippen molar-refractivity contribution >= 4 is 17.3 Å². The number of aliphatic imine (C=N–C) groups is 1. The van der Waals surface area contributed by atoms with Gasteiger partial charge in [-0.2, -0.15) is 0 Å². The van der Waals surface area contributed by atoms with Crippen molar-refractivity contribution in [2.75, 3.05) is 39.4 Å². The third-order valence-electron chi connectivity index (χ3n) is 4.64. The molecular weight excluding hydrogens is 344 g/mol. The van der Waals surface area contributed by atoms with E-state index < -0.39 is 0 Å². The molecular formula is C20H28N4OS. The molecule has 0 radical (unpaired) electrons. The van der Waals surface area contributed by atoms with Gasteiger partial charge in [-0.3, -0.25) is 9.89 Å². The van der Waals surface area contributed by atoms with Gasteiger partial charge in [0.2, 0.25) is 0 Å². The van der Waals surface area contributed by atoms with Crippen LogP contribution in [0.5, 0.6) is 0 Å². The number of nitrogens with two attached hydrogens (primary N) is 1. The zero-order chi connectivity index (χ0) is 18.2. The maximum absolute atomic E-state index is 6.09. The SMILES string of the molecule is Cc1ccc(C(CN=C(N)NCCc2cccs2)N2CCOCC2)cc1. The number of nitrogens with one attached hydrogen (secondary N) is 1. The fourth-order valence-electron chi connectivity index (χ4n) is 3.12. The number of hydrogen-bond donors (Lipinski definition) is 2. The van der Waals surface area contributed by atoms with Crippen molar-refractivity contribution < 1.29 is 4.74 Å². The monoisotopic (exact) mass is 372 g/mol. The molecule has 2 heterocycles. The summed E-state index contributed by atoms with van der Waals surface area (Å²) < 4.78 is 5.51. The summed E-state index contributed by atoms with van der Waals surface area (Å²) in [5.41, 5.74) is 8.65. The third kappa shape index (κ3) is 5.56. The smallest absolute Gasteiger partial charge is 0.188 e. The van der Waals surface area contributed by atoms with Crippen LogP contribution in [0, 0.1) is 6.92 Å². The van der Waals surface area contributed by atoms with E-state index in [0.717, 1.165) is 39.3 Å². The van der Waals surface area contributed by atoms with E-state index in [1.54, 1.807) is 11.3 Å². The number of thiophene rings is 1. The van der Waals surface area contributed by atoms with Crippen molar-refractivity contribution in [1.29, 1.82) is 0 Å². The number of morpholine rings is 1. The number of hydrogen-bond acceptors (Lipinski definition) is 4. The van der Waals surface area contributed by atoms with Crippen LogP contribution in [-0.2, 0) is 11.2 Å². The van der Waals surface area contributed by atoms with Crippen LogP contribution >= 0.6 is 11.3 Å². The summed E-state index contributed by atoms with van der Waals surface area (Å²) in [7, 11) is 0. The zero-order valence-electron chi connectivity index (χ0n) is 15.4. The van der Waals surface area contributed by atoms with Crippen molar-refractivity contribution in [3.63, 3.8) is 0 Å². The van der Waals surface area contributed by atoms with Crippen LogP contribution in [0.2, 0.25) is 0 Å². The fourth-order valence-corrected chi connectivity index (χ4v) is 3.83. The summed E-state index contributed by atoms with van der Waals surface area (Å²) in [6, 6.07) is 13.2. The molecule has 0 bridgehead atoms. The first-order chi connectivity index (χ1) is 12.7. The first-order valence-electron chi connectivity index (χ1n) is 9.17. The van der Waals surface area contributed by atoms with Crippen molar-refractivity contribution in [3.05, 3.63) is 57.8 Å². The quantitative estimate of drug-likeness (QED) is 0.579. The minimum atomic E-state index is 0.233. The van der Waals surface area contributed by atoms with Gasteiger partial charge in [-0.1, -0.05) is 35.9 Å². The predicted octanol–water partition coefficient (Wildman–Crippen LogP) is 2.58. The molecule has 0 amide bonds. The highest BCUT2D eigenvalue weighted by atomic mass is 32.1. The number of rotatable bonds is 7. The molecule has 6 heteroatoms. The second-order valence-electron chi connectivity index (χ2n) is 6.56. The summed E-state index contributed by atoms with van der Waals surface area (Å²) in [6.07, 6.45) is 0.971. The van der Waals surface area contributed by atoms with Gasteiger partial charge in [-0.15, -0.1) is 11.3 Å². The van der Waals surface area contributed by atoms with Gasteiger partial charge in [0.05, 0.1) is 25.8 Å². The Morgan fingerprint density at radius 2 is 2.04 bits per heavy atom. The van der Waals surface area contributed by atoms with E-state index in [0.29, 0.717) is 12.5 Å². The molecule has 0 spiro atoms. The van der Waals surface area contributed by atoms with Crippen LogP contribution in [0.4, 0.5) is 0 Å². The Kier molecular flexibility index (Phi) is 7.05. The second-order valence-corrected chi connectivity index (χ2v) is 7.59. The molecule has 1 fully saturated rings. The molecule has 1 aromatic carbocycles. The Hall–Kier alpha value is -1.89. The summed E-state index contributed by atoms with van der Waals surface area (Å²) >= 11 is 1.77. The average molecular weight is 373 g/mol. The minimum absolute atomic E-state index is 0.233. The van der Waals surface area contributed by atoms with Gasteiger partial charge in [-0.25, -0.2) is 0 Å². The lowest BCUT2D eigenvalue weighted by molar-refractivity contribution is 0.0180. The predicted molar refractivity (Wildman–Crippen MR) is 109 cm³/mol. The molecule has 0 saturated carbocycles. The second kappa shape index (κ2) is 9.71. The van der Waals surface area contributed by atoms with Gasteiger partial charge in [0.15, 0.2) is 5.96 Å². The Balaban J connectivity index is 1.59. The van der Waals surface area contributed by atoms with Gasteiger partial charge in [0.1, 0.15) is 0 Å². The Bertz CT molecular complexity index is 678. The lowest BCUT2D eigenvalue weighted by Crippen LogP contribution is -2.41. The van der Waals surface area contributed by atoms with E-state index in [1.165, 1.54) is 16.0 Å². The number of aryl methyl sites for hydroxylation is 1. The average Bonchev–Trinajstić information content (AvgIpc) is 3.18. The molecule has 5 nitrogen and oxygen atoms in total. The Morgan fingerprint density at radius 1 is 1.27 bits per heavy atom. The lowest BCUT2D eigenvalue weighted by atomic mass is 10.0. The van der Waals surface area contributed by atoms with E-state index in [2.05, 4.69) is 63.9 Å². The van der Waals surface area contributed by atoms with Crippen LogP contribution in [0.3, 0.4) is 0 Å². The molecule has 1 atom stereocenters. The number of ether oxygens (including phenoxy) is 1. The van der Waals surface area contributed by atoms with Crippen LogP contribution < -0.4 is 11.1 Å². The fraction of sp³-hybridized carbons (Fsp3) is 0.450. The van der Waals surface area contributed by atoms with E-state index >= 15 is 0 Å². The topological polar surface area (TPSA) is 62.9 Å². The maximum atomic E-state index is 6.09. The van der Waals surface area contributed by atoms with Gasteiger partial charge < -0.3 is 15.8 Å². The molecule has 26 heavy (non-hydrogen) atoms. The number of nitrogens with zero attached hydrogens (tertiary/aromatic N) is 2. The van der Waals surface area contributed by atoms with Crippen molar-refractivity contribution in [1.82, 2.24) is 10.2 Å². The standard InChI is InChI=1S/C20H28N4OS/c1-16-4-6-17(7-5-16)19(24-10-12-25-13-11-24)15-23-20(21)22-9-8-18-3-2-14-26-18/h2-7,14,19H,8-13,15H2,1H3,(H3,21,22,23). The molecule has 1 aliphatic rings. The molecule has 3 rings (SSSR count). The van der Waals surface area contributed by atoms with E-state index in [-0.39, 0.29) is 6.04 Å². The molecule has 1 aromatic heterocycles. The minimum Gasteiger partial charge on any atom is -0.379 e. The van der Waals surface area contributed by atoms with Gasteiger partial charge >= 0.3 is 0 Å². The highest BCUT2D eigenvalue weighted by molar-refractivity contribution is 7.09. The van der Waals surface area contributed by atoms with Crippen LogP contribution in [0.15, 0.2) is 46.8 Å². The van der Waals surface area contributed by atoms with Crippen molar-refractivity contribution in [2.45, 2.75) is 19.4 Å². The van der Waals surface area contributed by atoms with Crippen LogP contribution in [0.25, 0.3) is 0 Å². The summed E-state index contributed by atoms with van der Waals surface area (Å²) in [6.45, 7) is 6.99. The lowest BCUT2D eigenvalue weighted by Gasteiger charge is -2.34. The molecule has 1 unspecified atom stereocenters. The summed E-state index contributed by atoms with van der Waals surface area (Å²) in [5.74, 6) is 0.520. The summed E-state index contributed by atoms with van der Waals surface area (Å²) in [4.78, 5) is 8.42. The normalized spacial score (nSPS) is 17.2. The number of benzene rings is 1. The third-order valence-corrected chi connectivity index (χ3v) is 5.58. The first kappa shape index (κ1) is 18.9. The van der Waals surface area contributed by atoms with Crippen molar-refractivity contribution in [3.8, 4) is 0 Å². The molecule has 0 aliphatic carbocycles. The van der Waals surface area contributed by atoms with Gasteiger partial charge in [0.25, 0.3) is 0 Å². The van der Waals surface area contributed by atoms with Gasteiger partial charge in [0, 0.05) is 24.5 Å². The Labute approximate surface area is 159 Å². The molecule has 1 aliphatic heterocycles. The van der Waals surface area contributed by atoms with E-state index in [1.807, 2.05) is 0 Å². The van der Waals surface area contributed by atoms with Crippen molar-refractivity contribution in [2.24, 2.45) is 10.7 Å². The van der Waals surface area contributed by atoms with E-state index in [9.17, 15) is 0 Å². The maximum Gasteiger partial charge on any atom is 0.188 e. The molecule has 3 N–H and O–H groups in total. The molecule has 2 aromatic rings. The van der Waals surface area contributed by atoms with E-state index in [4.69, 9.17) is 10.5 Å². The van der Waals surface area contributed by atoms with Gasteiger partial charge in [-0.05, 0) is 30.4 Å². The zero-order valence-corrected chi connectivity index (χ0v) is 16.2. The van der Waals surface area contributed by atoms with Crippen LogP contribution in [0.1, 0.15) is 22.0 Å². The van der Waals surface area contributed by atoms with Crippen LogP contribution in [-0.4, -0.2) is 50.3 Å². The Morgan fingerprint density at radius 3 is 2.73 bits per heavy atom. The number of guanidine groups is 1. The highest BCUT2D eigenvalue weighted by Gasteiger charge is 2.22. The molecule has 140 valence electrons. The molecule has 1 saturated heterocycles. The first-order valence-corrected chi connectivity index (χ1v) is 10.0. The summed E-state index contributed by atoms with van der Waals surface area (Å²) in [5, 5.41) is 5.33. The largest absolute Gasteiger partial charge is 0.379 e. The highest BCUT2D eigenvalue weighted by Crippen LogP contribution is 2.22.